The lowest BCUT2D eigenvalue weighted by atomic mass is 9.78. The molecule has 6 nitrogen and oxygen atoms in total. The quantitative estimate of drug-likeness (QED) is 0.421. The molecule has 32 heavy (non-hydrogen) atoms. The number of carbonyl (C=O) groups excluding carboxylic acids is 2. The maximum absolute atomic E-state index is 13.6. The van der Waals surface area contributed by atoms with Gasteiger partial charge in [-0.3, -0.25) is 9.59 Å². The minimum atomic E-state index is -0.728. The summed E-state index contributed by atoms with van der Waals surface area (Å²) >= 11 is 0. The fourth-order valence-electron chi connectivity index (χ4n) is 5.52. The topological polar surface area (TPSA) is 71.1 Å². The Hall–Kier alpha value is -2.90. The first-order chi connectivity index (χ1) is 15.4. The van der Waals surface area contributed by atoms with Gasteiger partial charge in [-0.25, -0.2) is 0 Å². The van der Waals surface area contributed by atoms with Crippen LogP contribution in [0.5, 0.6) is 0 Å². The van der Waals surface area contributed by atoms with E-state index in [1.54, 1.807) is 6.07 Å². The Bertz CT molecular complexity index is 1360. The van der Waals surface area contributed by atoms with Crippen LogP contribution in [0.1, 0.15) is 62.9 Å². The zero-order valence-electron chi connectivity index (χ0n) is 17.6. The second-order valence-corrected chi connectivity index (χ2v) is 9.26. The summed E-state index contributed by atoms with van der Waals surface area (Å²) in [5.74, 6) is -1.01. The van der Waals surface area contributed by atoms with E-state index >= 15 is 0 Å². The fraction of sp³-hybridized carbons (Fsp3) is 0.308. The van der Waals surface area contributed by atoms with E-state index in [9.17, 15) is 9.59 Å². The second-order valence-electron chi connectivity index (χ2n) is 9.26. The Kier molecular flexibility index (Phi) is 3.56. The molecule has 0 aromatic heterocycles. The van der Waals surface area contributed by atoms with Crippen molar-refractivity contribution in [2.24, 2.45) is 0 Å². The monoisotopic (exact) mass is 428 g/mol. The highest BCUT2D eigenvalue weighted by molar-refractivity contribution is 6.30. The third-order valence-corrected chi connectivity index (χ3v) is 6.91. The third-order valence-electron chi connectivity index (χ3n) is 6.91. The van der Waals surface area contributed by atoms with Crippen molar-refractivity contribution in [1.29, 1.82) is 0 Å². The van der Waals surface area contributed by atoms with Gasteiger partial charge in [-0.1, -0.05) is 30.3 Å². The van der Waals surface area contributed by atoms with E-state index in [0.29, 0.717) is 22.3 Å². The number of fused-ring (bicyclic) bond motifs is 9. The molecule has 4 atom stereocenters. The maximum Gasteiger partial charge on any atom is 0.194 e. The van der Waals surface area contributed by atoms with Gasteiger partial charge >= 0.3 is 0 Å². The predicted molar refractivity (Wildman–Crippen MR) is 113 cm³/mol. The Labute approximate surface area is 184 Å². The number of ether oxygens (including phenoxy) is 4. The van der Waals surface area contributed by atoms with E-state index in [1.165, 1.54) is 0 Å². The summed E-state index contributed by atoms with van der Waals surface area (Å²) in [5.41, 5.74) is 3.33. The molecule has 0 saturated carbocycles. The highest BCUT2D eigenvalue weighted by Crippen LogP contribution is 2.49. The van der Waals surface area contributed by atoms with E-state index in [2.05, 4.69) is 0 Å². The van der Waals surface area contributed by atoms with Crippen LogP contribution in [0.15, 0.2) is 48.5 Å². The van der Waals surface area contributed by atoms with Crippen LogP contribution in [0.3, 0.4) is 0 Å². The Balaban J connectivity index is 1.35. The van der Waals surface area contributed by atoms with Crippen molar-refractivity contribution in [2.45, 2.75) is 50.8 Å². The average molecular weight is 428 g/mol. The highest BCUT2D eigenvalue weighted by atomic mass is 16.8. The molecule has 0 spiro atoms. The van der Waals surface area contributed by atoms with E-state index in [1.807, 2.05) is 56.3 Å². The SMILES string of the molecule is CC1(C)O[C@H]2O[C@@H]3c4ccc5c(c4CO[C@@H]3[C@H]2O1)C(=O)c1cc2ccccc2cc1C5=O. The molecule has 2 saturated heterocycles. The van der Waals surface area contributed by atoms with Crippen LogP contribution < -0.4 is 0 Å². The number of hydrogen-bond donors (Lipinski definition) is 0. The van der Waals surface area contributed by atoms with Crippen LogP contribution in [-0.4, -0.2) is 35.9 Å². The van der Waals surface area contributed by atoms with Gasteiger partial charge in [0.2, 0.25) is 0 Å². The van der Waals surface area contributed by atoms with Crippen LogP contribution >= 0.6 is 0 Å². The van der Waals surface area contributed by atoms with Gasteiger partial charge in [0.15, 0.2) is 23.6 Å². The lowest BCUT2D eigenvalue weighted by molar-refractivity contribution is -0.223. The minimum absolute atomic E-state index is 0.136. The standard InChI is InChI=1S/C26H20O6/c1-26(2)31-24-23-22(30-25(24)32-26)14-7-8-15-19(18(14)11-29-23)21(28)17-10-13-6-4-3-5-12(13)9-16(17)20(15)27/h3-10,22-25H,11H2,1-2H3/t22-,23+,24-,25-/m1/s1. The normalized spacial score (nSPS) is 29.3. The van der Waals surface area contributed by atoms with Gasteiger partial charge in [0.1, 0.15) is 18.3 Å². The van der Waals surface area contributed by atoms with Gasteiger partial charge in [0.05, 0.1) is 6.61 Å². The summed E-state index contributed by atoms with van der Waals surface area (Å²) in [5, 5.41) is 1.87. The number of benzene rings is 3. The summed E-state index contributed by atoms with van der Waals surface area (Å²) in [6.07, 6.45) is -1.58. The maximum atomic E-state index is 13.6. The van der Waals surface area contributed by atoms with Crippen molar-refractivity contribution in [3.8, 4) is 0 Å². The summed E-state index contributed by atoms with van der Waals surface area (Å²) in [4.78, 5) is 27.0. The van der Waals surface area contributed by atoms with Crippen molar-refractivity contribution in [1.82, 2.24) is 0 Å². The molecule has 7 rings (SSSR count). The summed E-state index contributed by atoms with van der Waals surface area (Å²) in [7, 11) is 0. The van der Waals surface area contributed by atoms with Crippen LogP contribution in [0.4, 0.5) is 0 Å². The summed E-state index contributed by atoms with van der Waals surface area (Å²) in [6, 6.07) is 15.0. The molecule has 6 heteroatoms. The molecule has 4 aliphatic rings. The summed E-state index contributed by atoms with van der Waals surface area (Å²) in [6.45, 7) is 3.92. The molecule has 2 fully saturated rings. The Morgan fingerprint density at radius 2 is 1.56 bits per heavy atom. The first-order valence-electron chi connectivity index (χ1n) is 10.8. The Morgan fingerprint density at radius 1 is 0.844 bits per heavy atom. The molecule has 160 valence electrons. The largest absolute Gasteiger partial charge is 0.367 e. The number of carbonyl (C=O) groups is 2. The predicted octanol–water partition coefficient (Wildman–Crippen LogP) is 4.06. The van der Waals surface area contributed by atoms with Gasteiger partial charge < -0.3 is 18.9 Å². The number of rotatable bonds is 0. The van der Waals surface area contributed by atoms with E-state index < -0.39 is 18.2 Å². The van der Waals surface area contributed by atoms with Crippen LogP contribution in [-0.2, 0) is 25.6 Å². The molecule has 0 amide bonds. The van der Waals surface area contributed by atoms with Crippen molar-refractivity contribution >= 4 is 22.3 Å². The van der Waals surface area contributed by atoms with Crippen LogP contribution in [0, 0.1) is 0 Å². The van der Waals surface area contributed by atoms with E-state index in [0.717, 1.165) is 21.9 Å². The number of ketones is 2. The highest BCUT2D eigenvalue weighted by Gasteiger charge is 2.57. The van der Waals surface area contributed by atoms with Gasteiger partial charge in [-0.15, -0.1) is 0 Å². The number of hydrogen-bond acceptors (Lipinski definition) is 6. The zero-order valence-corrected chi connectivity index (χ0v) is 17.6. The molecule has 3 aliphatic heterocycles. The average Bonchev–Trinajstić information content (AvgIpc) is 3.27. The molecule has 3 heterocycles. The lowest BCUT2D eigenvalue weighted by Gasteiger charge is -2.33. The molecule has 0 N–H and O–H groups in total. The second kappa shape index (κ2) is 6.11. The van der Waals surface area contributed by atoms with Gasteiger partial charge in [-0.2, -0.15) is 0 Å². The zero-order chi connectivity index (χ0) is 21.8. The molecule has 3 aromatic rings. The fourth-order valence-corrected chi connectivity index (χ4v) is 5.52. The molecule has 0 radical (unpaired) electrons. The lowest BCUT2D eigenvalue weighted by Crippen LogP contribution is -2.37. The molecule has 0 bridgehead atoms. The van der Waals surface area contributed by atoms with Crippen molar-refractivity contribution in [3.63, 3.8) is 0 Å². The van der Waals surface area contributed by atoms with Crippen molar-refractivity contribution < 1.29 is 28.5 Å². The van der Waals surface area contributed by atoms with Gasteiger partial charge in [0, 0.05) is 22.3 Å². The van der Waals surface area contributed by atoms with Gasteiger partial charge in [-0.05, 0) is 53.9 Å². The molecule has 1 aliphatic carbocycles. The first-order valence-corrected chi connectivity index (χ1v) is 10.8. The summed E-state index contributed by atoms with van der Waals surface area (Å²) < 4.78 is 24.2. The van der Waals surface area contributed by atoms with E-state index in [4.69, 9.17) is 18.9 Å². The molecule has 3 aromatic carbocycles. The van der Waals surface area contributed by atoms with Crippen LogP contribution in [0.25, 0.3) is 10.8 Å². The minimum Gasteiger partial charge on any atom is -0.367 e. The molecular weight excluding hydrogens is 408 g/mol. The van der Waals surface area contributed by atoms with Gasteiger partial charge in [0.25, 0.3) is 0 Å². The van der Waals surface area contributed by atoms with Crippen molar-refractivity contribution in [3.05, 3.63) is 81.9 Å². The van der Waals surface area contributed by atoms with Crippen LogP contribution in [0.2, 0.25) is 0 Å². The third kappa shape index (κ3) is 2.38. The van der Waals surface area contributed by atoms with E-state index in [-0.39, 0.29) is 30.4 Å². The van der Waals surface area contributed by atoms with Crippen molar-refractivity contribution in [2.75, 3.05) is 0 Å². The smallest absolute Gasteiger partial charge is 0.194 e. The molecular formula is C26H20O6. The first kappa shape index (κ1) is 18.7. The molecule has 0 unspecified atom stereocenters. The Morgan fingerprint density at radius 3 is 2.31 bits per heavy atom.